The van der Waals surface area contributed by atoms with E-state index < -0.39 is 29.7 Å². The van der Waals surface area contributed by atoms with Crippen LogP contribution in [0.5, 0.6) is 0 Å². The first kappa shape index (κ1) is 19.7. The summed E-state index contributed by atoms with van der Waals surface area (Å²) in [6, 6.07) is 6.86. The van der Waals surface area contributed by atoms with E-state index in [0.29, 0.717) is 11.8 Å². The van der Waals surface area contributed by atoms with E-state index >= 15 is 0 Å². The summed E-state index contributed by atoms with van der Waals surface area (Å²) in [5, 5.41) is 0. The zero-order valence-electron chi connectivity index (χ0n) is 15.3. The van der Waals surface area contributed by atoms with Crippen LogP contribution in [0.3, 0.4) is 0 Å². The predicted octanol–water partition coefficient (Wildman–Crippen LogP) is 7.48. The third-order valence-corrected chi connectivity index (χ3v) is 5.68. The van der Waals surface area contributed by atoms with Crippen LogP contribution in [-0.2, 0) is 6.67 Å². The number of hydrogen-bond acceptors (Lipinski definition) is 0. The van der Waals surface area contributed by atoms with Crippen LogP contribution < -0.4 is 0 Å². The summed E-state index contributed by atoms with van der Waals surface area (Å²) in [6.07, 6.45) is 8.45. The van der Waals surface area contributed by atoms with Gasteiger partial charge in [0.25, 0.3) is 0 Å². The first-order chi connectivity index (χ1) is 13.0. The van der Waals surface area contributed by atoms with E-state index in [0.717, 1.165) is 56.2 Å². The second-order valence-corrected chi connectivity index (χ2v) is 7.38. The van der Waals surface area contributed by atoms with E-state index in [1.807, 2.05) is 12.1 Å². The quantitative estimate of drug-likeness (QED) is 0.362. The Morgan fingerprint density at radius 2 is 1.59 bits per heavy atom. The molecule has 2 aromatic carbocycles. The van der Waals surface area contributed by atoms with Gasteiger partial charge in [-0.05, 0) is 79.7 Å². The summed E-state index contributed by atoms with van der Waals surface area (Å²) in [5.41, 5.74) is 0.518. The maximum atomic E-state index is 14.6. The maximum Gasteiger partial charge on any atom is 0.132 e. The number of allylic oxidation sites excluding steroid dienone is 1. The van der Waals surface area contributed by atoms with Gasteiger partial charge in [0.05, 0.1) is 5.56 Å². The molecule has 0 unspecified atom stereocenters. The molecule has 0 saturated heterocycles. The number of halogens is 4. The van der Waals surface area contributed by atoms with Crippen molar-refractivity contribution in [3.05, 3.63) is 71.6 Å². The number of benzene rings is 2. The lowest BCUT2D eigenvalue weighted by molar-refractivity contribution is 0.311. The van der Waals surface area contributed by atoms with E-state index in [-0.39, 0.29) is 11.1 Å². The lowest BCUT2D eigenvalue weighted by Gasteiger charge is -2.28. The van der Waals surface area contributed by atoms with Crippen molar-refractivity contribution in [1.29, 1.82) is 0 Å². The maximum absolute atomic E-state index is 14.6. The summed E-state index contributed by atoms with van der Waals surface area (Å²) < 4.78 is 54.9. The van der Waals surface area contributed by atoms with Gasteiger partial charge in [-0.2, -0.15) is 0 Å². The molecule has 0 nitrogen and oxygen atoms in total. The molecular formula is C23H24F4. The summed E-state index contributed by atoms with van der Waals surface area (Å²) >= 11 is 0. The van der Waals surface area contributed by atoms with Crippen molar-refractivity contribution in [1.82, 2.24) is 0 Å². The molecule has 1 saturated carbocycles. The molecule has 144 valence electrons. The molecular weight excluding hydrogens is 352 g/mol. The molecule has 0 N–H and O–H groups in total. The van der Waals surface area contributed by atoms with Gasteiger partial charge in [0, 0.05) is 5.56 Å². The Labute approximate surface area is 157 Å². The molecule has 0 spiro atoms. The van der Waals surface area contributed by atoms with Crippen LogP contribution in [0.1, 0.15) is 55.6 Å². The minimum absolute atomic E-state index is 0.0828. The largest absolute Gasteiger partial charge is 0.246 e. The smallest absolute Gasteiger partial charge is 0.132 e. The van der Waals surface area contributed by atoms with Gasteiger partial charge in [-0.3, -0.25) is 0 Å². The molecule has 27 heavy (non-hydrogen) atoms. The Kier molecular flexibility index (Phi) is 6.35. The molecule has 0 atom stereocenters. The topological polar surface area (TPSA) is 0 Å². The van der Waals surface area contributed by atoms with Crippen molar-refractivity contribution < 1.29 is 17.6 Å². The van der Waals surface area contributed by atoms with Gasteiger partial charge < -0.3 is 0 Å². The Morgan fingerprint density at radius 1 is 0.926 bits per heavy atom. The summed E-state index contributed by atoms with van der Waals surface area (Å²) in [4.78, 5) is 0. The van der Waals surface area contributed by atoms with Gasteiger partial charge in [-0.25, -0.2) is 17.6 Å². The van der Waals surface area contributed by atoms with E-state index in [1.165, 1.54) is 6.07 Å². The van der Waals surface area contributed by atoms with Crippen LogP contribution in [0.15, 0.2) is 43.0 Å². The highest BCUT2D eigenvalue weighted by Gasteiger charge is 2.23. The molecule has 0 aliphatic heterocycles. The SMILES string of the molecule is C=CCCC1CCC(c2ccc(-c3cc(F)c(CF)c(F)c3)c(F)c2)CC1. The second-order valence-electron chi connectivity index (χ2n) is 7.38. The van der Waals surface area contributed by atoms with Crippen molar-refractivity contribution in [3.8, 4) is 11.1 Å². The third kappa shape index (κ3) is 4.42. The molecule has 3 rings (SSSR count). The number of hydrogen-bond donors (Lipinski definition) is 0. The Balaban J connectivity index is 1.76. The Bertz CT molecular complexity index is 781. The summed E-state index contributed by atoms with van der Waals surface area (Å²) in [5.74, 6) is -1.46. The molecule has 1 fully saturated rings. The van der Waals surface area contributed by atoms with Gasteiger partial charge in [-0.15, -0.1) is 6.58 Å². The van der Waals surface area contributed by atoms with Gasteiger partial charge in [0.15, 0.2) is 0 Å². The Morgan fingerprint density at radius 3 is 2.15 bits per heavy atom. The van der Waals surface area contributed by atoms with Crippen molar-refractivity contribution in [2.24, 2.45) is 5.92 Å². The lowest BCUT2D eigenvalue weighted by atomic mass is 9.77. The van der Waals surface area contributed by atoms with E-state index in [1.54, 1.807) is 6.07 Å². The lowest BCUT2D eigenvalue weighted by Crippen LogP contribution is -2.13. The molecule has 0 amide bonds. The van der Waals surface area contributed by atoms with Crippen LogP contribution in [0, 0.1) is 23.4 Å². The van der Waals surface area contributed by atoms with Crippen LogP contribution in [0.25, 0.3) is 11.1 Å². The zero-order valence-corrected chi connectivity index (χ0v) is 15.3. The highest BCUT2D eigenvalue weighted by Crippen LogP contribution is 2.39. The van der Waals surface area contributed by atoms with Crippen molar-refractivity contribution in [2.75, 3.05) is 0 Å². The molecule has 0 heterocycles. The zero-order chi connectivity index (χ0) is 19.4. The minimum Gasteiger partial charge on any atom is -0.246 e. The monoisotopic (exact) mass is 376 g/mol. The highest BCUT2D eigenvalue weighted by atomic mass is 19.1. The molecule has 1 aliphatic carbocycles. The first-order valence-electron chi connectivity index (χ1n) is 9.48. The number of alkyl halides is 1. The van der Waals surface area contributed by atoms with E-state index in [2.05, 4.69) is 6.58 Å². The molecule has 4 heteroatoms. The summed E-state index contributed by atoms with van der Waals surface area (Å²) in [6.45, 7) is 2.54. The van der Waals surface area contributed by atoms with Gasteiger partial charge in [-0.1, -0.05) is 18.2 Å². The van der Waals surface area contributed by atoms with Crippen LogP contribution >= 0.6 is 0 Å². The summed E-state index contributed by atoms with van der Waals surface area (Å²) in [7, 11) is 0. The minimum atomic E-state index is -1.23. The predicted molar refractivity (Wildman–Crippen MR) is 101 cm³/mol. The Hall–Kier alpha value is -2.10. The second kappa shape index (κ2) is 8.73. The highest BCUT2D eigenvalue weighted by molar-refractivity contribution is 5.65. The van der Waals surface area contributed by atoms with Gasteiger partial charge >= 0.3 is 0 Å². The fraction of sp³-hybridized carbons (Fsp3) is 0.391. The van der Waals surface area contributed by atoms with E-state index in [9.17, 15) is 17.6 Å². The van der Waals surface area contributed by atoms with Crippen molar-refractivity contribution in [2.45, 2.75) is 51.1 Å². The van der Waals surface area contributed by atoms with Crippen molar-refractivity contribution in [3.63, 3.8) is 0 Å². The fourth-order valence-electron chi connectivity index (χ4n) is 4.04. The average molecular weight is 376 g/mol. The molecule has 2 aromatic rings. The van der Waals surface area contributed by atoms with Gasteiger partial charge in [0.1, 0.15) is 24.1 Å². The molecule has 1 aliphatic rings. The third-order valence-electron chi connectivity index (χ3n) is 5.68. The normalized spacial score (nSPS) is 19.9. The average Bonchev–Trinajstić information content (AvgIpc) is 2.66. The van der Waals surface area contributed by atoms with Gasteiger partial charge in [0.2, 0.25) is 0 Å². The first-order valence-corrected chi connectivity index (χ1v) is 9.48. The molecule has 0 radical (unpaired) electrons. The molecule has 0 bridgehead atoms. The van der Waals surface area contributed by atoms with Crippen LogP contribution in [0.2, 0.25) is 0 Å². The fourth-order valence-corrected chi connectivity index (χ4v) is 4.04. The number of rotatable bonds is 6. The van der Waals surface area contributed by atoms with Crippen molar-refractivity contribution >= 4 is 0 Å². The van der Waals surface area contributed by atoms with Crippen LogP contribution in [0.4, 0.5) is 17.6 Å². The molecule has 0 aromatic heterocycles. The standard InChI is InChI=1S/C23H24F4/c1-2-3-4-15-5-7-16(8-6-15)17-9-10-19(21(25)11-17)18-12-22(26)20(14-24)23(27)13-18/h2,9-13,15-16H,1,3-8,14H2. The van der Waals surface area contributed by atoms with E-state index in [4.69, 9.17) is 0 Å². The van der Waals surface area contributed by atoms with Crippen LogP contribution in [-0.4, -0.2) is 0 Å².